The van der Waals surface area contributed by atoms with Crippen molar-refractivity contribution in [2.24, 2.45) is 84.7 Å². The first-order chi connectivity index (χ1) is 42.4. The molecule has 6 aliphatic rings. The average Bonchev–Trinajstić information content (AvgIpc) is 0.705. The van der Waals surface area contributed by atoms with Crippen LogP contribution in [0.25, 0.3) is 0 Å². The molecule has 17 heteroatoms. The Balaban J connectivity index is 0.000000266. The molecule has 0 bridgehead atoms. The highest BCUT2D eigenvalue weighted by Crippen LogP contribution is 2.65. The van der Waals surface area contributed by atoms with Gasteiger partial charge in [0.15, 0.2) is 57.8 Å². The molecule has 17 nitrogen and oxygen atoms in total. The standard InChI is InChI=1S/C39H52O8.C38H50O9/c1-16(2)20(24-31(43)36(8,9)19(7)37(10,11)32(24)44)22-28(41)23-21(17(3)4)25-33(45)38(12,13)35(46)39(14,15)34(25)47-30(23)26(29(22)42)27(40)18(5)6;1-15(2)18(22-29(42)35(7,8)33(45)36(9,10)30(22)43)20-26(40)21-19(16(3)4)23-31(44)37(11,12)34(46)38(13,14)32(23)47-28(21)24(27(20)41)25(39)17(5)6/h16-18,20-21,24,41-42H,7H2,1-6,8-15H3;15-19,40-42H,1-14H3. The molecule has 0 spiro atoms. The number of phenolic OH excluding ortho intramolecular Hbond substituents is 4. The second-order valence-electron chi connectivity index (χ2n) is 33.5. The number of hydrogen-bond donors (Lipinski definition) is 5. The predicted molar refractivity (Wildman–Crippen MR) is 356 cm³/mol. The Morgan fingerprint density at radius 3 is 1.04 bits per heavy atom. The van der Waals surface area contributed by atoms with Crippen LogP contribution >= 0.6 is 0 Å². The second kappa shape index (κ2) is 23.2. The van der Waals surface area contributed by atoms with Gasteiger partial charge in [-0.15, -0.1) is 0 Å². The van der Waals surface area contributed by atoms with Crippen LogP contribution in [0.1, 0.15) is 261 Å². The zero-order chi connectivity index (χ0) is 72.5. The van der Waals surface area contributed by atoms with Crippen LogP contribution in [0.15, 0.2) is 46.1 Å². The number of allylic oxidation sites excluding steroid dienone is 7. The van der Waals surface area contributed by atoms with Gasteiger partial charge in [0, 0.05) is 85.3 Å². The molecule has 0 saturated heterocycles. The fourth-order valence-corrected chi connectivity index (χ4v) is 16.3. The molecular weight excluding hydrogens is 1200 g/mol. The highest BCUT2D eigenvalue weighted by molar-refractivity contribution is 6.22. The van der Waals surface area contributed by atoms with E-state index in [9.17, 15) is 73.5 Å². The van der Waals surface area contributed by atoms with E-state index in [1.54, 1.807) is 138 Å². The molecule has 2 aromatic rings. The SMILES string of the molecule is C=C1C(C)(C)C(=O)C(C(c2c(O)c(C(=O)C(C)C)c3c(c2O)C(C(C)C)C2=C(O3)C(C)(C)C(=O)C(C)(C)C2=O)C(C)C)C(=O)C1(C)C.CC(C)C(=O)c1c(O)c(C(C2=C(O)C(C)(C)C(=O)C(C)(C)C2=O)C(C)C)c(O)c2c1OC1=C(C(=O)C(C)(C)C(=O)C1(C)C)C2C(C)C. The van der Waals surface area contributed by atoms with Gasteiger partial charge in [-0.3, -0.25) is 47.9 Å². The number of aliphatic hydroxyl groups is 1. The van der Waals surface area contributed by atoms with Gasteiger partial charge in [0.05, 0.1) is 38.4 Å². The summed E-state index contributed by atoms with van der Waals surface area (Å²) in [6.07, 6.45) is 0. The van der Waals surface area contributed by atoms with Crippen LogP contribution in [0.3, 0.4) is 0 Å². The maximum atomic E-state index is 14.3. The number of phenols is 4. The first-order valence-electron chi connectivity index (χ1n) is 33.1. The van der Waals surface area contributed by atoms with E-state index in [1.807, 2.05) is 27.7 Å². The van der Waals surface area contributed by atoms with Gasteiger partial charge in [0.1, 0.15) is 62.9 Å². The number of Topliss-reactive ketones (excluding diaryl/α,β-unsaturated/α-hetero) is 10. The Morgan fingerprint density at radius 2 is 0.723 bits per heavy atom. The average molecular weight is 1300 g/mol. The van der Waals surface area contributed by atoms with Gasteiger partial charge >= 0.3 is 0 Å². The van der Waals surface area contributed by atoms with Crippen molar-refractivity contribution in [2.45, 2.75) is 218 Å². The van der Waals surface area contributed by atoms with E-state index in [0.29, 0.717) is 5.57 Å². The van der Waals surface area contributed by atoms with Crippen molar-refractivity contribution in [3.05, 3.63) is 79.5 Å². The van der Waals surface area contributed by atoms with E-state index in [1.165, 1.54) is 27.7 Å². The van der Waals surface area contributed by atoms with Gasteiger partial charge in [-0.2, -0.15) is 0 Å². The third kappa shape index (κ3) is 10.2. The molecule has 512 valence electrons. The lowest BCUT2D eigenvalue weighted by molar-refractivity contribution is -0.148. The number of benzene rings is 2. The molecule has 1 fully saturated rings. The Kier molecular flexibility index (Phi) is 18.3. The second-order valence-corrected chi connectivity index (χ2v) is 33.5. The number of carbonyl (C=O) groups is 10. The van der Waals surface area contributed by atoms with E-state index >= 15 is 0 Å². The number of aliphatic hydroxyl groups excluding tert-OH is 1. The van der Waals surface area contributed by atoms with E-state index in [0.717, 1.165) is 0 Å². The van der Waals surface area contributed by atoms with Gasteiger partial charge in [-0.1, -0.05) is 95.2 Å². The summed E-state index contributed by atoms with van der Waals surface area (Å²) >= 11 is 0. The summed E-state index contributed by atoms with van der Waals surface area (Å²) in [6.45, 7) is 51.1. The maximum Gasteiger partial charge on any atom is 0.175 e. The predicted octanol–water partition coefficient (Wildman–Crippen LogP) is 14.9. The van der Waals surface area contributed by atoms with Crippen molar-refractivity contribution >= 4 is 57.8 Å². The lowest BCUT2D eigenvalue weighted by Crippen LogP contribution is -2.54. The molecule has 4 unspecified atom stereocenters. The van der Waals surface area contributed by atoms with Crippen molar-refractivity contribution in [1.29, 1.82) is 0 Å². The molecule has 4 aliphatic carbocycles. The van der Waals surface area contributed by atoms with E-state index < -0.39 is 160 Å². The number of hydrogen-bond acceptors (Lipinski definition) is 17. The zero-order valence-corrected chi connectivity index (χ0v) is 60.7. The van der Waals surface area contributed by atoms with Crippen LogP contribution in [0.4, 0.5) is 0 Å². The normalized spacial score (nSPS) is 23.9. The van der Waals surface area contributed by atoms with E-state index in [-0.39, 0.29) is 108 Å². The lowest BCUT2D eigenvalue weighted by Gasteiger charge is -2.48. The van der Waals surface area contributed by atoms with Crippen LogP contribution in [0.2, 0.25) is 0 Å². The first-order valence-corrected chi connectivity index (χ1v) is 33.1. The van der Waals surface area contributed by atoms with Crippen molar-refractivity contribution in [3.63, 3.8) is 0 Å². The van der Waals surface area contributed by atoms with E-state index in [4.69, 9.17) is 9.47 Å². The van der Waals surface area contributed by atoms with Crippen molar-refractivity contribution in [2.75, 3.05) is 0 Å². The smallest absolute Gasteiger partial charge is 0.175 e. The highest BCUT2D eigenvalue weighted by Gasteiger charge is 2.63. The number of ether oxygens (including phenoxy) is 2. The fourth-order valence-electron chi connectivity index (χ4n) is 16.3. The molecule has 0 radical (unpaired) electrons. The van der Waals surface area contributed by atoms with Crippen molar-refractivity contribution in [3.8, 4) is 34.5 Å². The molecule has 0 amide bonds. The van der Waals surface area contributed by atoms with Crippen LogP contribution in [-0.2, 0) is 38.4 Å². The Hall–Kier alpha value is -7.30. The van der Waals surface area contributed by atoms with Gasteiger partial charge in [-0.05, 0) is 134 Å². The Bertz CT molecular complexity index is 3850. The minimum atomic E-state index is -1.53. The number of ketones is 10. The van der Waals surface area contributed by atoms with Crippen LogP contribution in [-0.4, -0.2) is 83.4 Å². The van der Waals surface area contributed by atoms with E-state index in [2.05, 4.69) is 6.58 Å². The summed E-state index contributed by atoms with van der Waals surface area (Å²) in [7, 11) is 0. The summed E-state index contributed by atoms with van der Waals surface area (Å²) in [5.74, 6) is -15.3. The van der Waals surface area contributed by atoms with Crippen molar-refractivity contribution < 1.29 is 83.0 Å². The minimum Gasteiger partial charge on any atom is -0.511 e. The third-order valence-electron chi connectivity index (χ3n) is 21.8. The lowest BCUT2D eigenvalue weighted by atomic mass is 9.53. The molecule has 2 aromatic carbocycles. The molecular formula is C77H102O17. The van der Waals surface area contributed by atoms with Gasteiger partial charge in [-0.25, -0.2) is 0 Å². The third-order valence-corrected chi connectivity index (χ3v) is 21.8. The quantitative estimate of drug-likeness (QED) is 0.0749. The molecule has 2 heterocycles. The minimum absolute atomic E-state index is 0.0765. The zero-order valence-electron chi connectivity index (χ0n) is 60.7. The largest absolute Gasteiger partial charge is 0.511 e. The molecule has 4 atom stereocenters. The molecule has 5 N–H and O–H groups in total. The summed E-state index contributed by atoms with van der Waals surface area (Å²) in [5, 5.41) is 60.7. The van der Waals surface area contributed by atoms with Crippen molar-refractivity contribution in [1.82, 2.24) is 0 Å². The Labute approximate surface area is 554 Å². The molecule has 94 heavy (non-hydrogen) atoms. The Morgan fingerprint density at radius 1 is 0.404 bits per heavy atom. The van der Waals surface area contributed by atoms with Gasteiger partial charge < -0.3 is 35.0 Å². The molecule has 0 aromatic heterocycles. The summed E-state index contributed by atoms with van der Waals surface area (Å²) < 4.78 is 12.9. The topological polar surface area (TPSA) is 290 Å². The number of fused-ring (bicyclic) bond motifs is 2. The summed E-state index contributed by atoms with van der Waals surface area (Å²) in [5.41, 5.74) is -10.2. The van der Waals surface area contributed by atoms with Gasteiger partial charge in [0.2, 0.25) is 0 Å². The molecule has 8 rings (SSSR count). The number of aromatic hydroxyl groups is 4. The maximum absolute atomic E-state index is 14.3. The van der Waals surface area contributed by atoms with Gasteiger partial charge in [0.25, 0.3) is 0 Å². The fraction of sp³-hybridized carbons (Fsp3) is 0.610. The number of carbonyl (C=O) groups excluding carboxylic acids is 10. The number of rotatable bonds is 12. The van der Waals surface area contributed by atoms with Crippen LogP contribution in [0.5, 0.6) is 34.5 Å². The molecule has 1 saturated carbocycles. The monoisotopic (exact) mass is 1300 g/mol. The first kappa shape index (κ1) is 74.1. The summed E-state index contributed by atoms with van der Waals surface area (Å²) in [6, 6.07) is 0. The highest BCUT2D eigenvalue weighted by atomic mass is 16.5. The van der Waals surface area contributed by atoms with Crippen LogP contribution < -0.4 is 9.47 Å². The molecule has 2 aliphatic heterocycles. The summed E-state index contributed by atoms with van der Waals surface area (Å²) in [4.78, 5) is 140. The van der Waals surface area contributed by atoms with Crippen LogP contribution in [0, 0.1) is 84.7 Å².